The van der Waals surface area contributed by atoms with Gasteiger partial charge in [-0.1, -0.05) is 0 Å². The minimum atomic E-state index is -3.22. The quantitative estimate of drug-likeness (QED) is 0.740. The Balaban J connectivity index is 2.90. The summed E-state index contributed by atoms with van der Waals surface area (Å²) >= 11 is 0.882. The summed E-state index contributed by atoms with van der Waals surface area (Å²) in [6, 6.07) is -1.02. The highest BCUT2D eigenvalue weighted by atomic mass is 32.2. The van der Waals surface area contributed by atoms with E-state index in [-0.39, 0.29) is 22.7 Å². The highest BCUT2D eigenvalue weighted by Crippen LogP contribution is 2.28. The molecule has 118 valence electrons. The molecule has 8 nitrogen and oxygen atoms in total. The molecule has 0 aliphatic carbocycles. The number of amides is 1. The minimum Gasteiger partial charge on any atom is -0.478 e. The van der Waals surface area contributed by atoms with E-state index >= 15 is 0 Å². The topological polar surface area (TPSA) is 131 Å². The van der Waals surface area contributed by atoms with Crippen LogP contribution in [0.5, 0.6) is 0 Å². The largest absolute Gasteiger partial charge is 0.478 e. The lowest BCUT2D eigenvalue weighted by Gasteiger charge is -2.20. The number of hydrogen-bond donors (Lipinski definition) is 2. The Morgan fingerprint density at radius 3 is 2.52 bits per heavy atom. The molecule has 0 saturated carbocycles. The van der Waals surface area contributed by atoms with Crippen molar-refractivity contribution in [3.05, 3.63) is 11.3 Å². The molecule has 0 spiro atoms. The molecule has 1 amide bonds. The first kappa shape index (κ1) is 17.5. The van der Waals surface area contributed by atoms with Gasteiger partial charge in [0.15, 0.2) is 0 Å². The SMILES string of the molecule is Cc1nsc(N(C)C(=O)C(N)CCS(C)(=O)=O)c1C(=O)O. The molecule has 1 atom stereocenters. The molecule has 3 N–H and O–H groups in total. The Hall–Kier alpha value is -1.52. The molecule has 0 aromatic carbocycles. The second kappa shape index (κ2) is 6.50. The van der Waals surface area contributed by atoms with E-state index in [2.05, 4.69) is 4.37 Å². The monoisotopic (exact) mass is 335 g/mol. The first-order valence-corrected chi connectivity index (χ1v) is 8.78. The maximum Gasteiger partial charge on any atom is 0.340 e. The van der Waals surface area contributed by atoms with Crippen LogP contribution >= 0.6 is 11.5 Å². The molecule has 0 bridgehead atoms. The summed E-state index contributed by atoms with van der Waals surface area (Å²) < 4.78 is 26.1. The third kappa shape index (κ3) is 4.48. The highest BCUT2D eigenvalue weighted by Gasteiger charge is 2.27. The lowest BCUT2D eigenvalue weighted by Crippen LogP contribution is -2.43. The summed E-state index contributed by atoms with van der Waals surface area (Å²) in [4.78, 5) is 24.4. The van der Waals surface area contributed by atoms with Gasteiger partial charge in [0.1, 0.15) is 20.4 Å². The predicted octanol–water partition coefficient (Wildman–Crippen LogP) is -0.125. The van der Waals surface area contributed by atoms with E-state index < -0.39 is 27.8 Å². The maximum atomic E-state index is 12.1. The van der Waals surface area contributed by atoms with Gasteiger partial charge in [-0.2, -0.15) is 4.37 Å². The van der Waals surface area contributed by atoms with Gasteiger partial charge in [-0.15, -0.1) is 0 Å². The number of sulfone groups is 1. The van der Waals surface area contributed by atoms with Crippen molar-refractivity contribution < 1.29 is 23.1 Å². The van der Waals surface area contributed by atoms with Crippen LogP contribution in [0.4, 0.5) is 5.00 Å². The maximum absolute atomic E-state index is 12.1. The van der Waals surface area contributed by atoms with Gasteiger partial charge in [0.2, 0.25) is 5.91 Å². The van der Waals surface area contributed by atoms with Gasteiger partial charge >= 0.3 is 5.97 Å². The number of aromatic carboxylic acids is 1. The number of hydrogen-bond acceptors (Lipinski definition) is 7. The van der Waals surface area contributed by atoms with Gasteiger partial charge in [0.05, 0.1) is 17.5 Å². The number of carboxylic acids is 1. The Bertz CT molecular complexity index is 653. The van der Waals surface area contributed by atoms with Crippen LogP contribution in [0, 0.1) is 6.92 Å². The lowest BCUT2D eigenvalue weighted by molar-refractivity contribution is -0.119. The predicted molar refractivity (Wildman–Crippen MR) is 79.5 cm³/mol. The Morgan fingerprint density at radius 1 is 1.48 bits per heavy atom. The Morgan fingerprint density at radius 2 is 2.05 bits per heavy atom. The fourth-order valence-corrected chi connectivity index (χ4v) is 3.18. The van der Waals surface area contributed by atoms with Crippen LogP contribution in [0.3, 0.4) is 0 Å². The van der Waals surface area contributed by atoms with Crippen LogP contribution < -0.4 is 10.6 Å². The van der Waals surface area contributed by atoms with Gasteiger partial charge in [0, 0.05) is 13.3 Å². The molecule has 1 aromatic rings. The van der Waals surface area contributed by atoms with E-state index in [0.717, 1.165) is 22.7 Å². The number of likely N-dealkylation sites (N-methyl/N-ethyl adjacent to an activating group) is 1. The number of carbonyl (C=O) groups is 2. The molecule has 0 fully saturated rings. The summed E-state index contributed by atoms with van der Waals surface area (Å²) in [6.45, 7) is 1.53. The summed E-state index contributed by atoms with van der Waals surface area (Å²) in [5.41, 5.74) is 5.94. The third-order valence-electron chi connectivity index (χ3n) is 2.81. The van der Waals surface area contributed by atoms with Crippen molar-refractivity contribution in [1.82, 2.24) is 4.37 Å². The molecule has 1 unspecified atom stereocenters. The van der Waals surface area contributed by atoms with Crippen molar-refractivity contribution in [3.8, 4) is 0 Å². The second-order valence-corrected chi connectivity index (χ2v) is 7.69. The molecule has 10 heteroatoms. The van der Waals surface area contributed by atoms with Gasteiger partial charge in [-0.05, 0) is 24.9 Å². The number of carbonyl (C=O) groups excluding carboxylic acids is 1. The van der Waals surface area contributed by atoms with E-state index in [4.69, 9.17) is 10.8 Å². The van der Waals surface area contributed by atoms with Crippen LogP contribution in [0.25, 0.3) is 0 Å². The number of carboxylic acid groups (broad SMARTS) is 1. The summed E-state index contributed by atoms with van der Waals surface area (Å²) in [6.07, 6.45) is 1.03. The van der Waals surface area contributed by atoms with E-state index in [1.165, 1.54) is 14.0 Å². The fourth-order valence-electron chi connectivity index (χ4n) is 1.65. The van der Waals surface area contributed by atoms with Gasteiger partial charge < -0.3 is 15.7 Å². The number of rotatable bonds is 6. The van der Waals surface area contributed by atoms with Crippen LogP contribution in [0.1, 0.15) is 22.5 Å². The Labute approximate surface area is 126 Å². The normalized spacial score (nSPS) is 13.0. The van der Waals surface area contributed by atoms with Gasteiger partial charge in [-0.3, -0.25) is 4.79 Å². The zero-order valence-electron chi connectivity index (χ0n) is 11.9. The standard InChI is InChI=1S/C11H17N3O5S2/c1-6-8(11(16)17)10(20-13-6)14(2)9(15)7(12)4-5-21(3,18)19/h7H,4-5,12H2,1-3H3,(H,16,17). The van der Waals surface area contributed by atoms with E-state index in [1.54, 1.807) is 0 Å². The number of nitrogens with zero attached hydrogens (tertiary/aromatic N) is 2. The van der Waals surface area contributed by atoms with Crippen molar-refractivity contribution in [2.24, 2.45) is 5.73 Å². The van der Waals surface area contributed by atoms with Gasteiger partial charge in [0.25, 0.3) is 0 Å². The molecule has 0 radical (unpaired) electrons. The third-order valence-corrected chi connectivity index (χ3v) is 4.80. The summed E-state index contributed by atoms with van der Waals surface area (Å²) in [5, 5.41) is 9.31. The highest BCUT2D eigenvalue weighted by molar-refractivity contribution is 7.90. The average molecular weight is 335 g/mol. The lowest BCUT2D eigenvalue weighted by atomic mass is 10.2. The smallest absolute Gasteiger partial charge is 0.340 e. The van der Waals surface area contributed by atoms with E-state index in [0.29, 0.717) is 5.69 Å². The first-order valence-electron chi connectivity index (χ1n) is 5.95. The molecular weight excluding hydrogens is 318 g/mol. The molecule has 0 saturated heterocycles. The minimum absolute atomic E-state index is 0.0256. The molecule has 0 aliphatic heterocycles. The van der Waals surface area contributed by atoms with Crippen LogP contribution in [0.2, 0.25) is 0 Å². The summed E-state index contributed by atoms with van der Waals surface area (Å²) in [7, 11) is -1.82. The average Bonchev–Trinajstić information content (AvgIpc) is 2.75. The first-order chi connectivity index (χ1) is 9.54. The zero-order chi connectivity index (χ0) is 16.4. The number of nitrogens with two attached hydrogens (primary N) is 1. The van der Waals surface area contributed by atoms with E-state index in [9.17, 15) is 18.0 Å². The number of aryl methyl sites for hydroxylation is 1. The molecule has 1 heterocycles. The molecule has 1 rings (SSSR count). The van der Waals surface area contributed by atoms with Crippen LogP contribution in [-0.2, 0) is 14.6 Å². The van der Waals surface area contributed by atoms with Crippen LogP contribution in [0.15, 0.2) is 0 Å². The summed E-state index contributed by atoms with van der Waals surface area (Å²) in [5.74, 6) is -1.94. The van der Waals surface area contributed by atoms with E-state index in [1.807, 2.05) is 0 Å². The molecule has 1 aromatic heterocycles. The van der Waals surface area contributed by atoms with Crippen molar-refractivity contribution in [2.75, 3.05) is 24.0 Å². The molecular formula is C11H17N3O5S2. The van der Waals surface area contributed by atoms with Crippen molar-refractivity contribution in [3.63, 3.8) is 0 Å². The number of aromatic nitrogens is 1. The fraction of sp³-hybridized carbons (Fsp3) is 0.545. The second-order valence-electron chi connectivity index (χ2n) is 4.68. The molecule has 21 heavy (non-hydrogen) atoms. The van der Waals surface area contributed by atoms with Crippen molar-refractivity contribution >= 4 is 38.2 Å². The van der Waals surface area contributed by atoms with Crippen molar-refractivity contribution in [2.45, 2.75) is 19.4 Å². The zero-order valence-corrected chi connectivity index (χ0v) is 13.5. The molecule has 0 aliphatic rings. The van der Waals surface area contributed by atoms with Gasteiger partial charge in [-0.25, -0.2) is 13.2 Å². The Kier molecular flexibility index (Phi) is 5.42. The van der Waals surface area contributed by atoms with Crippen LogP contribution in [-0.4, -0.2) is 54.9 Å². The number of anilines is 1. The van der Waals surface area contributed by atoms with Crippen molar-refractivity contribution in [1.29, 1.82) is 0 Å².